The van der Waals surface area contributed by atoms with Gasteiger partial charge in [-0.25, -0.2) is 9.59 Å². The number of ether oxygens (including phenoxy) is 1. The van der Waals surface area contributed by atoms with Gasteiger partial charge in [0, 0.05) is 31.6 Å². The first kappa shape index (κ1) is 31.7. The van der Waals surface area contributed by atoms with Crippen molar-refractivity contribution in [3.05, 3.63) is 56.4 Å². The van der Waals surface area contributed by atoms with E-state index >= 15 is 0 Å². The zero-order valence-corrected chi connectivity index (χ0v) is 24.9. The molecule has 41 heavy (non-hydrogen) atoms. The van der Waals surface area contributed by atoms with Crippen LogP contribution in [0.4, 0.5) is 0 Å². The molecule has 1 aromatic carbocycles. The van der Waals surface area contributed by atoms with Crippen LogP contribution in [0.25, 0.3) is 11.1 Å². The lowest BCUT2D eigenvalue weighted by Gasteiger charge is -2.30. The molecule has 0 radical (unpaired) electrons. The van der Waals surface area contributed by atoms with Crippen molar-refractivity contribution in [2.45, 2.75) is 77.7 Å². The summed E-state index contributed by atoms with van der Waals surface area (Å²) < 4.78 is 8.00. The molecular formula is C30H43N6O5+. The number of aromatic nitrogens is 2. The number of unbranched alkanes of at least 4 members (excludes halogenated alkanes) is 1. The van der Waals surface area contributed by atoms with Gasteiger partial charge in [0.25, 0.3) is 5.56 Å². The molecule has 1 amide bonds. The molecule has 1 atom stereocenters. The molecule has 1 fully saturated rings. The summed E-state index contributed by atoms with van der Waals surface area (Å²) in [6, 6.07) is 6.47. The molecule has 222 valence electrons. The molecule has 1 N–H and O–H groups in total. The van der Waals surface area contributed by atoms with Crippen LogP contribution in [0.5, 0.6) is 0 Å². The largest absolute Gasteiger partial charge is 0.464 e. The summed E-state index contributed by atoms with van der Waals surface area (Å²) in [5.41, 5.74) is 1.27. The highest BCUT2D eigenvalue weighted by Crippen LogP contribution is 2.42. The number of benzene rings is 1. The van der Waals surface area contributed by atoms with E-state index in [-0.39, 0.29) is 30.2 Å². The van der Waals surface area contributed by atoms with Crippen LogP contribution in [-0.2, 0) is 34.8 Å². The molecule has 11 nitrogen and oxygen atoms in total. The Morgan fingerprint density at radius 2 is 1.78 bits per heavy atom. The molecule has 1 aliphatic carbocycles. The molecule has 0 bridgehead atoms. The Kier molecular flexibility index (Phi) is 11.3. The van der Waals surface area contributed by atoms with Gasteiger partial charge in [-0.3, -0.25) is 14.2 Å². The summed E-state index contributed by atoms with van der Waals surface area (Å²) in [5.74, 6) is -0.552. The van der Waals surface area contributed by atoms with Gasteiger partial charge in [-0.15, -0.1) is 0 Å². The minimum atomic E-state index is -0.829. The second kappa shape index (κ2) is 14.7. The van der Waals surface area contributed by atoms with E-state index in [2.05, 4.69) is 20.5 Å². The average Bonchev–Trinajstić information content (AvgIpc) is 3.46. The van der Waals surface area contributed by atoms with Crippen LogP contribution in [0.1, 0.15) is 69.5 Å². The predicted molar refractivity (Wildman–Crippen MR) is 157 cm³/mol. The van der Waals surface area contributed by atoms with Gasteiger partial charge in [-0.1, -0.05) is 50.5 Å². The molecule has 1 saturated carbocycles. The monoisotopic (exact) mass is 567 g/mol. The Morgan fingerprint density at radius 1 is 1.10 bits per heavy atom. The minimum absolute atomic E-state index is 0.0976. The maximum Gasteiger partial charge on any atom is 0.330 e. The van der Waals surface area contributed by atoms with Crippen molar-refractivity contribution >= 4 is 11.9 Å². The number of amides is 1. The number of carbonyl (C=O) groups is 2. The van der Waals surface area contributed by atoms with Crippen molar-refractivity contribution in [2.75, 3.05) is 20.2 Å². The summed E-state index contributed by atoms with van der Waals surface area (Å²) in [4.78, 5) is 55.5. The molecule has 1 aromatic heterocycles. The minimum Gasteiger partial charge on any atom is -0.464 e. The quantitative estimate of drug-likeness (QED) is 0.171. The number of nitrogens with zero attached hydrogens (tertiary/aromatic N) is 5. The zero-order valence-electron chi connectivity index (χ0n) is 24.9. The van der Waals surface area contributed by atoms with E-state index in [0.717, 1.165) is 55.1 Å². The highest BCUT2D eigenvalue weighted by atomic mass is 16.5. The van der Waals surface area contributed by atoms with Gasteiger partial charge in [-0.2, -0.15) is 0 Å². The van der Waals surface area contributed by atoms with Crippen molar-refractivity contribution < 1.29 is 14.3 Å². The molecule has 2 aromatic rings. The first-order valence-electron chi connectivity index (χ1n) is 14.4. The highest BCUT2D eigenvalue weighted by Gasteiger charge is 2.42. The van der Waals surface area contributed by atoms with Crippen molar-refractivity contribution in [1.82, 2.24) is 19.4 Å². The van der Waals surface area contributed by atoms with Crippen LogP contribution in [0.2, 0.25) is 0 Å². The Hall–Kier alpha value is -3.85. The molecule has 11 heteroatoms. The molecule has 0 spiro atoms. The van der Waals surface area contributed by atoms with Crippen LogP contribution < -0.4 is 21.5 Å². The van der Waals surface area contributed by atoms with E-state index in [9.17, 15) is 19.2 Å². The van der Waals surface area contributed by atoms with Crippen molar-refractivity contribution in [1.29, 1.82) is 0 Å². The van der Waals surface area contributed by atoms with Crippen molar-refractivity contribution in [3.8, 4) is 11.1 Å². The molecule has 0 aliphatic heterocycles. The fourth-order valence-corrected chi connectivity index (χ4v) is 5.53. The summed E-state index contributed by atoms with van der Waals surface area (Å²) in [5, 5.41) is 10.6. The number of nitrogens with one attached hydrogen (secondary N) is 1. The lowest BCUT2D eigenvalue weighted by atomic mass is 9.79. The Bertz CT molecular complexity index is 1400. The number of esters is 1. The van der Waals surface area contributed by atoms with Gasteiger partial charge >= 0.3 is 11.7 Å². The fraction of sp³-hybridized carbons (Fsp3) is 0.600. The van der Waals surface area contributed by atoms with Gasteiger partial charge in [0.1, 0.15) is 29.9 Å². The Balaban J connectivity index is 1.80. The second-order valence-corrected chi connectivity index (χ2v) is 10.9. The Morgan fingerprint density at radius 3 is 2.41 bits per heavy atom. The number of hydrogen-bond donors (Lipinski definition) is 1. The summed E-state index contributed by atoms with van der Waals surface area (Å²) in [6.45, 7) is 4.52. The van der Waals surface area contributed by atoms with E-state index in [1.807, 2.05) is 19.1 Å². The standard InChI is InChI=1S/C30H42N6O5/c1-6-19-41-27(38)24(33-28(39)30(15-7-8-16-30)17-9-10-18-32-34-31-3)20-22-11-13-23(14-12-22)25-21(2)35(4)29(40)36(5)26(25)37/h11-14,24H,6-10,15-20H2,1-5H3/p+1. The van der Waals surface area contributed by atoms with Crippen LogP contribution in [-0.4, -0.2) is 47.3 Å². The lowest BCUT2D eigenvalue weighted by molar-refractivity contribution is -0.149. The second-order valence-electron chi connectivity index (χ2n) is 10.9. The lowest BCUT2D eigenvalue weighted by Crippen LogP contribution is -2.49. The van der Waals surface area contributed by atoms with Crippen molar-refractivity contribution in [2.24, 2.45) is 29.7 Å². The predicted octanol–water partition coefficient (Wildman–Crippen LogP) is 3.37. The third kappa shape index (κ3) is 7.67. The molecule has 3 rings (SSSR count). The van der Waals surface area contributed by atoms with Gasteiger partial charge in [0.05, 0.1) is 12.2 Å². The summed E-state index contributed by atoms with van der Waals surface area (Å²) in [6.07, 6.45) is 6.89. The average molecular weight is 568 g/mol. The summed E-state index contributed by atoms with van der Waals surface area (Å²) >= 11 is 0. The first-order chi connectivity index (χ1) is 19.6. The fourth-order valence-electron chi connectivity index (χ4n) is 5.53. The maximum atomic E-state index is 13.7. The van der Waals surface area contributed by atoms with Crippen molar-refractivity contribution in [3.63, 3.8) is 0 Å². The summed E-state index contributed by atoms with van der Waals surface area (Å²) in [7, 11) is 4.67. The van der Waals surface area contributed by atoms with Crippen LogP contribution in [0.15, 0.2) is 44.1 Å². The first-order valence-corrected chi connectivity index (χ1v) is 14.4. The highest BCUT2D eigenvalue weighted by molar-refractivity contribution is 5.88. The van der Waals surface area contributed by atoms with E-state index in [4.69, 9.17) is 4.74 Å². The number of rotatable bonds is 13. The van der Waals surface area contributed by atoms with E-state index in [0.29, 0.717) is 29.8 Å². The smallest absolute Gasteiger partial charge is 0.330 e. The molecule has 0 saturated heterocycles. The van der Waals surface area contributed by atoms with Gasteiger partial charge in [0.2, 0.25) is 10.8 Å². The van der Waals surface area contributed by atoms with E-state index in [1.54, 1.807) is 33.2 Å². The molecule has 1 unspecified atom stereocenters. The zero-order chi connectivity index (χ0) is 30.0. The van der Waals surface area contributed by atoms with E-state index < -0.39 is 17.4 Å². The van der Waals surface area contributed by atoms with Crippen LogP contribution >= 0.6 is 0 Å². The maximum absolute atomic E-state index is 13.7. The topological polar surface area (TPSA) is 138 Å². The van der Waals surface area contributed by atoms with E-state index in [1.165, 1.54) is 11.6 Å². The third-order valence-corrected chi connectivity index (χ3v) is 8.04. The number of carbonyl (C=O) groups excluding carboxylic acids is 2. The molecule has 1 aliphatic rings. The Labute approximate surface area is 240 Å². The van der Waals surface area contributed by atoms with Gasteiger partial charge in [0.15, 0.2) is 0 Å². The van der Waals surface area contributed by atoms with Gasteiger partial charge in [-0.05, 0) is 50.2 Å². The number of hydrogen-bond acceptors (Lipinski definition) is 7. The third-order valence-electron chi connectivity index (χ3n) is 8.04. The van der Waals surface area contributed by atoms with Crippen LogP contribution in [0, 0.1) is 12.3 Å². The van der Waals surface area contributed by atoms with Gasteiger partial charge < -0.3 is 14.6 Å². The molecular weight excluding hydrogens is 524 g/mol. The SMILES string of the molecule is CCCOC(=O)C(Cc1ccc(-c2c(C)n(C)c(=O)n(C)c2=O)cc1)NC(=O)C1(CCCCN=[N+]=NC)CCCC1. The normalized spacial score (nSPS) is 14.7. The molecule has 1 heterocycles. The van der Waals surface area contributed by atoms with Crippen LogP contribution in [0.3, 0.4) is 0 Å².